The van der Waals surface area contributed by atoms with Crippen molar-refractivity contribution in [2.45, 2.75) is 19.4 Å². The summed E-state index contributed by atoms with van der Waals surface area (Å²) in [5.74, 6) is 0.644. The molecular formula is C19H26FN5O2. The zero-order valence-corrected chi connectivity index (χ0v) is 15.3. The lowest BCUT2D eigenvalue weighted by Crippen LogP contribution is -2.42. The van der Waals surface area contributed by atoms with E-state index in [0.29, 0.717) is 31.4 Å². The molecule has 0 saturated carbocycles. The largest absolute Gasteiger partial charge is 0.395 e. The Morgan fingerprint density at radius 1 is 1.37 bits per heavy atom. The molecule has 2 aromatic rings. The van der Waals surface area contributed by atoms with E-state index in [4.69, 9.17) is 5.11 Å². The number of hydrogen-bond acceptors (Lipinski definition) is 4. The van der Waals surface area contributed by atoms with E-state index in [0.717, 1.165) is 31.5 Å². The molecule has 1 aromatic heterocycles. The van der Waals surface area contributed by atoms with E-state index < -0.39 is 0 Å². The second-order valence-corrected chi connectivity index (χ2v) is 6.87. The Labute approximate surface area is 158 Å². The number of aliphatic hydroxyl groups is 1. The van der Waals surface area contributed by atoms with Crippen molar-refractivity contribution in [3.05, 3.63) is 47.9 Å². The molecule has 1 aliphatic rings. The number of carbonyl (C=O) groups excluding carboxylic acids is 1. The molecule has 0 spiro atoms. The van der Waals surface area contributed by atoms with E-state index in [9.17, 15) is 9.18 Å². The normalized spacial score (nSPS) is 17.6. The molecular weight excluding hydrogens is 349 g/mol. The number of carbonyl (C=O) groups is 1. The summed E-state index contributed by atoms with van der Waals surface area (Å²) in [5, 5.41) is 19.0. The number of nitrogens with zero attached hydrogens (tertiary/aromatic N) is 3. The molecule has 7 nitrogen and oxygen atoms in total. The number of rotatable bonds is 7. The molecule has 1 aliphatic heterocycles. The summed E-state index contributed by atoms with van der Waals surface area (Å²) in [5.41, 5.74) is 0.772. The average molecular weight is 375 g/mol. The highest BCUT2D eigenvalue weighted by Crippen LogP contribution is 2.15. The molecule has 146 valence electrons. The van der Waals surface area contributed by atoms with Gasteiger partial charge in [-0.05, 0) is 43.0 Å². The Morgan fingerprint density at radius 3 is 3.07 bits per heavy atom. The molecule has 0 radical (unpaired) electrons. The average Bonchev–Trinajstić information content (AvgIpc) is 3.07. The molecule has 1 aromatic carbocycles. The van der Waals surface area contributed by atoms with Crippen LogP contribution in [0.15, 0.2) is 36.5 Å². The van der Waals surface area contributed by atoms with Crippen molar-refractivity contribution in [1.82, 2.24) is 20.0 Å². The van der Waals surface area contributed by atoms with E-state index >= 15 is 0 Å². The van der Waals surface area contributed by atoms with E-state index in [1.807, 2.05) is 6.07 Å². The number of nitrogens with one attached hydrogen (secondary N) is 2. The van der Waals surface area contributed by atoms with E-state index in [2.05, 4.69) is 20.6 Å². The van der Waals surface area contributed by atoms with Crippen molar-refractivity contribution >= 4 is 11.8 Å². The molecule has 0 aliphatic carbocycles. The van der Waals surface area contributed by atoms with Crippen LogP contribution in [0, 0.1) is 11.7 Å². The summed E-state index contributed by atoms with van der Waals surface area (Å²) in [4.78, 5) is 14.5. The van der Waals surface area contributed by atoms with Crippen molar-refractivity contribution < 1.29 is 14.3 Å². The molecule has 27 heavy (non-hydrogen) atoms. The number of anilines is 1. The highest BCUT2D eigenvalue weighted by Gasteiger charge is 2.20. The maximum Gasteiger partial charge on any atom is 0.320 e. The van der Waals surface area contributed by atoms with Gasteiger partial charge in [-0.1, -0.05) is 12.1 Å². The van der Waals surface area contributed by atoms with Gasteiger partial charge in [-0.2, -0.15) is 5.10 Å². The molecule has 3 rings (SSSR count). The van der Waals surface area contributed by atoms with Gasteiger partial charge in [0.25, 0.3) is 0 Å². The van der Waals surface area contributed by atoms with Gasteiger partial charge in [-0.15, -0.1) is 0 Å². The van der Waals surface area contributed by atoms with Crippen LogP contribution in [0.5, 0.6) is 0 Å². The number of urea groups is 1. The predicted molar refractivity (Wildman–Crippen MR) is 101 cm³/mol. The fraction of sp³-hybridized carbons (Fsp3) is 0.474. The molecule has 0 bridgehead atoms. The fourth-order valence-corrected chi connectivity index (χ4v) is 3.43. The fourth-order valence-electron chi connectivity index (χ4n) is 3.43. The number of amides is 2. The summed E-state index contributed by atoms with van der Waals surface area (Å²) in [6.07, 6.45) is 3.75. The molecule has 1 fully saturated rings. The highest BCUT2D eigenvalue weighted by molar-refractivity contribution is 5.88. The summed E-state index contributed by atoms with van der Waals surface area (Å²) >= 11 is 0. The lowest BCUT2D eigenvalue weighted by molar-refractivity contribution is 0.139. The third-order valence-corrected chi connectivity index (χ3v) is 4.75. The van der Waals surface area contributed by atoms with Gasteiger partial charge >= 0.3 is 6.03 Å². The molecule has 3 N–H and O–H groups in total. The third-order valence-electron chi connectivity index (χ3n) is 4.75. The number of halogens is 1. The van der Waals surface area contributed by atoms with Crippen molar-refractivity contribution in [3.63, 3.8) is 0 Å². The number of benzene rings is 1. The Hall–Kier alpha value is -2.45. The number of likely N-dealkylation sites (tertiary alicyclic amines) is 1. The Morgan fingerprint density at radius 2 is 2.26 bits per heavy atom. The van der Waals surface area contributed by atoms with Gasteiger partial charge in [-0.3, -0.25) is 5.32 Å². The lowest BCUT2D eigenvalue weighted by atomic mass is 9.98. The zero-order chi connectivity index (χ0) is 19.1. The number of hydrogen-bond donors (Lipinski definition) is 3. The molecule has 8 heteroatoms. The zero-order valence-electron chi connectivity index (χ0n) is 15.3. The predicted octanol–water partition coefficient (Wildman–Crippen LogP) is 1.90. The van der Waals surface area contributed by atoms with E-state index in [-0.39, 0.29) is 18.5 Å². The van der Waals surface area contributed by atoms with Crippen molar-refractivity contribution in [1.29, 1.82) is 0 Å². The first-order valence-electron chi connectivity index (χ1n) is 9.28. The van der Waals surface area contributed by atoms with Crippen LogP contribution >= 0.6 is 0 Å². The Bertz CT molecular complexity index is 749. The van der Waals surface area contributed by atoms with Crippen LogP contribution < -0.4 is 10.6 Å². The first kappa shape index (κ1) is 19.3. The minimum Gasteiger partial charge on any atom is -0.395 e. The van der Waals surface area contributed by atoms with Crippen molar-refractivity contribution in [3.8, 4) is 0 Å². The number of aliphatic hydroxyl groups excluding tert-OH is 1. The van der Waals surface area contributed by atoms with Crippen LogP contribution in [0.1, 0.15) is 18.4 Å². The summed E-state index contributed by atoms with van der Waals surface area (Å²) < 4.78 is 15.0. The number of aromatic nitrogens is 2. The second kappa shape index (κ2) is 9.48. The topological polar surface area (TPSA) is 82.4 Å². The Kier molecular flexibility index (Phi) is 6.78. The Balaban J connectivity index is 1.49. The smallest absolute Gasteiger partial charge is 0.320 e. The monoisotopic (exact) mass is 375 g/mol. The lowest BCUT2D eigenvalue weighted by Gasteiger charge is -2.32. The number of β-amino-alcohol motifs (C(OH)–C–C–N with tert-alkyl or cyclic N) is 1. The summed E-state index contributed by atoms with van der Waals surface area (Å²) in [7, 11) is 0. The van der Waals surface area contributed by atoms with Crippen LogP contribution in [0.3, 0.4) is 0 Å². The van der Waals surface area contributed by atoms with E-state index in [1.165, 1.54) is 12.1 Å². The summed E-state index contributed by atoms with van der Waals surface area (Å²) in [6.45, 7) is 3.70. The highest BCUT2D eigenvalue weighted by atomic mass is 19.1. The standard InChI is InChI=1S/C19H26FN5O2/c20-17-5-1-3-15(11-17)14-25-18(6-7-22-25)23-19(27)21-12-16-4-2-8-24(13-16)9-10-26/h1,3,5-7,11,16,26H,2,4,8-10,12-14H2,(H2,21,23,27)/t16-/m1/s1. The van der Waals surface area contributed by atoms with Gasteiger partial charge in [0.15, 0.2) is 0 Å². The van der Waals surface area contributed by atoms with Crippen LogP contribution in [0.25, 0.3) is 0 Å². The molecule has 1 atom stereocenters. The SMILES string of the molecule is O=C(NC[C@H]1CCCN(CCO)C1)Nc1ccnn1Cc1cccc(F)c1. The molecule has 2 amide bonds. The summed E-state index contributed by atoms with van der Waals surface area (Å²) in [6, 6.07) is 7.74. The first-order chi connectivity index (χ1) is 13.1. The van der Waals surface area contributed by atoms with E-state index in [1.54, 1.807) is 23.0 Å². The minimum atomic E-state index is -0.297. The van der Waals surface area contributed by atoms with Crippen LogP contribution in [0.4, 0.5) is 15.0 Å². The van der Waals surface area contributed by atoms with Gasteiger partial charge in [-0.25, -0.2) is 13.9 Å². The van der Waals surface area contributed by atoms with Gasteiger partial charge in [0.1, 0.15) is 11.6 Å². The third kappa shape index (κ3) is 5.77. The van der Waals surface area contributed by atoms with Crippen LogP contribution in [0.2, 0.25) is 0 Å². The van der Waals surface area contributed by atoms with Crippen molar-refractivity contribution in [2.75, 3.05) is 38.1 Å². The van der Waals surface area contributed by atoms with Gasteiger partial charge in [0.05, 0.1) is 19.3 Å². The maximum atomic E-state index is 13.3. The molecule has 1 saturated heterocycles. The maximum absolute atomic E-state index is 13.3. The minimum absolute atomic E-state index is 0.163. The molecule has 2 heterocycles. The first-order valence-corrected chi connectivity index (χ1v) is 9.28. The number of piperidine rings is 1. The van der Waals surface area contributed by atoms with Gasteiger partial charge in [0.2, 0.25) is 0 Å². The van der Waals surface area contributed by atoms with Gasteiger partial charge in [0, 0.05) is 25.7 Å². The second-order valence-electron chi connectivity index (χ2n) is 6.87. The quantitative estimate of drug-likeness (QED) is 0.690. The molecule has 0 unspecified atom stereocenters. The van der Waals surface area contributed by atoms with Gasteiger partial charge < -0.3 is 15.3 Å². The van der Waals surface area contributed by atoms with Crippen LogP contribution in [-0.2, 0) is 6.54 Å². The van der Waals surface area contributed by atoms with Crippen molar-refractivity contribution in [2.24, 2.45) is 5.92 Å². The van der Waals surface area contributed by atoms with Crippen LogP contribution in [-0.4, -0.2) is 58.6 Å².